The summed E-state index contributed by atoms with van der Waals surface area (Å²) >= 11 is 0. The number of aromatic nitrogens is 4. The summed E-state index contributed by atoms with van der Waals surface area (Å²) in [5.74, 6) is 0.895. The quantitative estimate of drug-likeness (QED) is 0.777. The molecule has 140 valence electrons. The van der Waals surface area contributed by atoms with Gasteiger partial charge in [0.15, 0.2) is 0 Å². The van der Waals surface area contributed by atoms with Crippen molar-refractivity contribution in [1.29, 1.82) is 0 Å². The zero-order valence-electron chi connectivity index (χ0n) is 15.2. The van der Waals surface area contributed by atoms with E-state index in [0.717, 1.165) is 30.0 Å². The van der Waals surface area contributed by atoms with Crippen molar-refractivity contribution in [2.45, 2.75) is 32.5 Å². The third kappa shape index (κ3) is 3.84. The van der Waals surface area contributed by atoms with E-state index in [1.54, 1.807) is 21.8 Å². The zero-order chi connectivity index (χ0) is 18.6. The molecule has 0 saturated heterocycles. The van der Waals surface area contributed by atoms with Crippen LogP contribution in [-0.4, -0.2) is 44.2 Å². The van der Waals surface area contributed by atoms with Crippen molar-refractivity contribution >= 4 is 5.91 Å². The van der Waals surface area contributed by atoms with Gasteiger partial charge in [0.05, 0.1) is 31.7 Å². The number of fused-ring (bicyclic) bond motifs is 1. The van der Waals surface area contributed by atoms with Gasteiger partial charge in [-0.15, -0.1) is 0 Å². The van der Waals surface area contributed by atoms with Gasteiger partial charge in [0.2, 0.25) is 0 Å². The summed E-state index contributed by atoms with van der Waals surface area (Å²) in [6.07, 6.45) is 9.61. The minimum absolute atomic E-state index is 0.0580. The van der Waals surface area contributed by atoms with E-state index in [0.29, 0.717) is 37.9 Å². The Bertz CT molecular complexity index is 903. The Morgan fingerprint density at radius 1 is 1.26 bits per heavy atom. The van der Waals surface area contributed by atoms with Crippen molar-refractivity contribution in [3.63, 3.8) is 0 Å². The van der Waals surface area contributed by atoms with Crippen molar-refractivity contribution in [2.75, 3.05) is 13.7 Å². The molecule has 0 unspecified atom stereocenters. The number of hydrogen-bond donors (Lipinski definition) is 0. The van der Waals surface area contributed by atoms with Gasteiger partial charge in [-0.3, -0.25) is 9.48 Å². The van der Waals surface area contributed by atoms with Crippen LogP contribution >= 0.6 is 0 Å². The van der Waals surface area contributed by atoms with E-state index in [-0.39, 0.29) is 5.91 Å². The molecule has 2 aliphatic rings. The molecule has 27 heavy (non-hydrogen) atoms. The van der Waals surface area contributed by atoms with E-state index in [4.69, 9.17) is 9.47 Å². The van der Waals surface area contributed by atoms with Crippen LogP contribution in [0.2, 0.25) is 0 Å². The normalized spacial score (nSPS) is 16.1. The molecular formula is C19H21N5O3. The monoisotopic (exact) mass is 367 g/mol. The second kappa shape index (κ2) is 7.61. The lowest BCUT2D eigenvalue weighted by Crippen LogP contribution is -2.40. The maximum atomic E-state index is 12.8. The Labute approximate surface area is 157 Å². The molecule has 4 rings (SSSR count). The number of hydrogen-bond acceptors (Lipinski definition) is 6. The van der Waals surface area contributed by atoms with Gasteiger partial charge in [0, 0.05) is 19.2 Å². The summed E-state index contributed by atoms with van der Waals surface area (Å²) in [4.78, 5) is 22.9. The highest BCUT2D eigenvalue weighted by Gasteiger charge is 2.27. The number of carbonyl (C=O) groups excluding carboxylic acids is 1. The Morgan fingerprint density at radius 3 is 3.00 bits per heavy atom. The summed E-state index contributed by atoms with van der Waals surface area (Å²) < 4.78 is 12.6. The molecule has 1 aliphatic carbocycles. The first-order valence-corrected chi connectivity index (χ1v) is 8.93. The Morgan fingerprint density at radius 2 is 2.19 bits per heavy atom. The summed E-state index contributed by atoms with van der Waals surface area (Å²) in [6.45, 7) is 2.01. The van der Waals surface area contributed by atoms with Crippen LogP contribution in [0.25, 0.3) is 0 Å². The van der Waals surface area contributed by atoms with Crippen LogP contribution in [0, 0.1) is 0 Å². The van der Waals surface area contributed by atoms with Crippen molar-refractivity contribution in [2.24, 2.45) is 0 Å². The number of allylic oxidation sites excluding steroid dienone is 4. The van der Waals surface area contributed by atoms with E-state index < -0.39 is 0 Å². The van der Waals surface area contributed by atoms with E-state index in [1.807, 2.05) is 18.2 Å². The van der Waals surface area contributed by atoms with E-state index in [2.05, 4.69) is 21.1 Å². The molecule has 0 aromatic carbocycles. The lowest BCUT2D eigenvalue weighted by Gasteiger charge is -2.27. The predicted octanol–water partition coefficient (Wildman–Crippen LogP) is 2.09. The van der Waals surface area contributed by atoms with Gasteiger partial charge >= 0.3 is 6.01 Å². The second-order valence-electron chi connectivity index (χ2n) is 6.39. The Hall–Kier alpha value is -3.16. The lowest BCUT2D eigenvalue weighted by atomic mass is 10.2. The van der Waals surface area contributed by atoms with Crippen molar-refractivity contribution < 1.29 is 14.3 Å². The first-order valence-electron chi connectivity index (χ1n) is 8.93. The Balaban J connectivity index is 1.43. The SMILES string of the molecule is COc1nccc(CN2CCn3nc(COC4=CC=CCC4)cc3C2=O)n1. The molecule has 0 fully saturated rings. The molecule has 3 heterocycles. The lowest BCUT2D eigenvalue weighted by molar-refractivity contribution is 0.0680. The number of carbonyl (C=O) groups is 1. The molecule has 0 atom stereocenters. The molecule has 8 nitrogen and oxygen atoms in total. The number of amides is 1. The fraction of sp³-hybridized carbons (Fsp3) is 0.368. The molecule has 0 N–H and O–H groups in total. The van der Waals surface area contributed by atoms with Crippen LogP contribution in [0.1, 0.15) is 34.7 Å². The fourth-order valence-corrected chi connectivity index (χ4v) is 3.14. The minimum atomic E-state index is -0.0580. The second-order valence-corrected chi connectivity index (χ2v) is 6.39. The average molecular weight is 367 g/mol. The largest absolute Gasteiger partial charge is 0.492 e. The van der Waals surface area contributed by atoms with Gasteiger partial charge in [-0.25, -0.2) is 4.98 Å². The summed E-state index contributed by atoms with van der Waals surface area (Å²) in [7, 11) is 1.52. The summed E-state index contributed by atoms with van der Waals surface area (Å²) in [5.41, 5.74) is 2.08. The van der Waals surface area contributed by atoms with E-state index in [9.17, 15) is 4.79 Å². The van der Waals surface area contributed by atoms with Crippen LogP contribution in [-0.2, 0) is 24.4 Å². The zero-order valence-corrected chi connectivity index (χ0v) is 15.2. The first kappa shape index (κ1) is 17.3. The van der Waals surface area contributed by atoms with Crippen LogP contribution in [0.5, 0.6) is 6.01 Å². The maximum absolute atomic E-state index is 12.8. The van der Waals surface area contributed by atoms with Crippen molar-refractivity contribution in [1.82, 2.24) is 24.6 Å². The Kier molecular flexibility index (Phi) is 4.86. The number of rotatable bonds is 6. The smallest absolute Gasteiger partial charge is 0.316 e. The van der Waals surface area contributed by atoms with Crippen LogP contribution in [0.15, 0.2) is 42.3 Å². The summed E-state index contributed by atoms with van der Waals surface area (Å²) in [6, 6.07) is 3.90. The van der Waals surface area contributed by atoms with Crippen LogP contribution in [0.4, 0.5) is 0 Å². The predicted molar refractivity (Wildman–Crippen MR) is 96.8 cm³/mol. The molecule has 2 aromatic heterocycles. The van der Waals surface area contributed by atoms with Crippen LogP contribution in [0.3, 0.4) is 0 Å². The third-order valence-electron chi connectivity index (χ3n) is 4.53. The minimum Gasteiger partial charge on any atom is -0.492 e. The number of nitrogens with zero attached hydrogens (tertiary/aromatic N) is 5. The number of methoxy groups -OCH3 is 1. The molecule has 0 spiro atoms. The molecule has 0 bridgehead atoms. The van der Waals surface area contributed by atoms with E-state index >= 15 is 0 Å². The molecule has 0 radical (unpaired) electrons. The topological polar surface area (TPSA) is 82.4 Å². The van der Waals surface area contributed by atoms with E-state index in [1.165, 1.54) is 7.11 Å². The first-order chi connectivity index (χ1) is 13.2. The molecule has 0 saturated carbocycles. The molecule has 8 heteroatoms. The van der Waals surface area contributed by atoms with Gasteiger partial charge in [-0.05, 0) is 24.6 Å². The van der Waals surface area contributed by atoms with Crippen LogP contribution < -0.4 is 4.74 Å². The molecule has 2 aromatic rings. The molecule has 1 aliphatic heterocycles. The average Bonchev–Trinajstić information content (AvgIpc) is 3.14. The highest BCUT2D eigenvalue weighted by molar-refractivity contribution is 5.93. The maximum Gasteiger partial charge on any atom is 0.316 e. The fourth-order valence-electron chi connectivity index (χ4n) is 3.14. The van der Waals surface area contributed by atoms with Gasteiger partial charge in [0.1, 0.15) is 18.0 Å². The van der Waals surface area contributed by atoms with Gasteiger partial charge in [-0.2, -0.15) is 10.1 Å². The summed E-state index contributed by atoms with van der Waals surface area (Å²) in [5, 5.41) is 4.51. The highest BCUT2D eigenvalue weighted by Crippen LogP contribution is 2.19. The third-order valence-corrected chi connectivity index (χ3v) is 4.53. The highest BCUT2D eigenvalue weighted by atomic mass is 16.5. The number of ether oxygens (including phenoxy) is 2. The van der Waals surface area contributed by atoms with Crippen molar-refractivity contribution in [3.05, 3.63) is 59.4 Å². The standard InChI is InChI=1S/C19H21N5O3/c1-26-19-20-8-7-14(21-19)12-23-9-10-24-17(18(23)25)11-15(22-24)13-27-16-5-3-2-4-6-16/h2-3,5,7-8,11H,4,6,9-10,12-13H2,1H3. The molecule has 1 amide bonds. The van der Waals surface area contributed by atoms with Gasteiger partial charge in [-0.1, -0.05) is 12.2 Å². The van der Waals surface area contributed by atoms with Gasteiger partial charge in [0.25, 0.3) is 5.91 Å². The molecular weight excluding hydrogens is 346 g/mol. The van der Waals surface area contributed by atoms with Crippen molar-refractivity contribution in [3.8, 4) is 6.01 Å². The van der Waals surface area contributed by atoms with Gasteiger partial charge < -0.3 is 14.4 Å².